The topological polar surface area (TPSA) is 68.3 Å². The number of aryl methyl sites for hydroxylation is 2. The van der Waals surface area contributed by atoms with E-state index in [9.17, 15) is 9.59 Å². The molecule has 5 nitrogen and oxygen atoms in total. The van der Waals surface area contributed by atoms with Gasteiger partial charge in [0, 0.05) is 11.1 Å². The van der Waals surface area contributed by atoms with E-state index >= 15 is 0 Å². The van der Waals surface area contributed by atoms with Gasteiger partial charge >= 0.3 is 5.97 Å². The van der Waals surface area contributed by atoms with E-state index in [1.807, 2.05) is 52.0 Å². The summed E-state index contributed by atoms with van der Waals surface area (Å²) in [6.07, 6.45) is 0.190. The average Bonchev–Trinajstić information content (AvgIpc) is 2.55. The molecule has 1 atom stereocenters. The quantitative estimate of drug-likeness (QED) is 0.857. The molecule has 1 amide bonds. The molecule has 0 aliphatic heterocycles. The predicted molar refractivity (Wildman–Crippen MR) is 93.7 cm³/mol. The van der Waals surface area contributed by atoms with Crippen LogP contribution in [0, 0.1) is 19.8 Å². The zero-order valence-electron chi connectivity index (χ0n) is 14.8. The lowest BCUT2D eigenvalue weighted by molar-refractivity contribution is -0.146. The van der Waals surface area contributed by atoms with Crippen molar-refractivity contribution in [2.45, 2.75) is 40.2 Å². The number of carbonyl (C=O) groups excluding carboxylic acids is 2. The lowest BCUT2D eigenvalue weighted by Crippen LogP contribution is -2.45. The van der Waals surface area contributed by atoms with Crippen LogP contribution in [0.5, 0.6) is 0 Å². The molecule has 2 rings (SSSR count). The normalized spacial score (nSPS) is 12.2. The molecular formula is C19H24N2O3. The Morgan fingerprint density at radius 3 is 2.50 bits per heavy atom. The minimum atomic E-state index is -0.642. The number of pyridine rings is 1. The summed E-state index contributed by atoms with van der Waals surface area (Å²) in [6.45, 7) is 7.65. The fraction of sp³-hybridized carbons (Fsp3) is 0.421. The monoisotopic (exact) mass is 328 g/mol. The number of nitrogens with zero attached hydrogens (tertiary/aromatic N) is 1. The van der Waals surface area contributed by atoms with Crippen molar-refractivity contribution in [3.63, 3.8) is 0 Å². The van der Waals surface area contributed by atoms with Crippen LogP contribution in [0.3, 0.4) is 0 Å². The van der Waals surface area contributed by atoms with E-state index < -0.39 is 12.0 Å². The first-order valence-corrected chi connectivity index (χ1v) is 8.07. The highest BCUT2D eigenvalue weighted by Gasteiger charge is 2.25. The minimum absolute atomic E-state index is 0.0432. The molecule has 0 bridgehead atoms. The van der Waals surface area contributed by atoms with E-state index in [0.717, 1.165) is 27.7 Å². The number of fused-ring (bicyclic) bond motifs is 1. The van der Waals surface area contributed by atoms with Gasteiger partial charge in [-0.3, -0.25) is 9.78 Å². The maximum absolute atomic E-state index is 12.4. The Morgan fingerprint density at radius 1 is 1.21 bits per heavy atom. The third kappa shape index (κ3) is 3.72. The molecule has 0 fully saturated rings. The van der Waals surface area contributed by atoms with Crippen molar-refractivity contribution in [3.8, 4) is 0 Å². The highest BCUT2D eigenvalue weighted by Crippen LogP contribution is 2.23. The second-order valence-electron chi connectivity index (χ2n) is 6.31. The smallest absolute Gasteiger partial charge is 0.328 e. The van der Waals surface area contributed by atoms with Gasteiger partial charge in [0.2, 0.25) is 5.91 Å². The number of amides is 1. The highest BCUT2D eigenvalue weighted by molar-refractivity contribution is 5.88. The summed E-state index contributed by atoms with van der Waals surface area (Å²) in [5.74, 6) is -0.677. The number of nitrogens with one attached hydrogen (secondary N) is 1. The van der Waals surface area contributed by atoms with Crippen LogP contribution < -0.4 is 5.32 Å². The second-order valence-corrected chi connectivity index (χ2v) is 6.31. The Morgan fingerprint density at radius 2 is 1.88 bits per heavy atom. The molecule has 1 aromatic carbocycles. The van der Waals surface area contributed by atoms with Crippen molar-refractivity contribution in [2.24, 2.45) is 5.92 Å². The lowest BCUT2D eigenvalue weighted by Gasteiger charge is -2.20. The molecule has 128 valence electrons. The number of rotatable bonds is 5. The van der Waals surface area contributed by atoms with Gasteiger partial charge in [-0.05, 0) is 37.0 Å². The lowest BCUT2D eigenvalue weighted by atomic mass is 9.98. The fourth-order valence-electron chi connectivity index (χ4n) is 2.84. The summed E-state index contributed by atoms with van der Waals surface area (Å²) in [4.78, 5) is 28.8. The van der Waals surface area contributed by atoms with Gasteiger partial charge in [0.25, 0.3) is 0 Å². The van der Waals surface area contributed by atoms with Gasteiger partial charge in [0.15, 0.2) is 0 Å². The molecule has 24 heavy (non-hydrogen) atoms. The Bertz CT molecular complexity index is 769. The molecule has 1 unspecified atom stereocenters. The summed E-state index contributed by atoms with van der Waals surface area (Å²) in [5.41, 5.74) is 3.71. The summed E-state index contributed by atoms with van der Waals surface area (Å²) >= 11 is 0. The molecule has 0 spiro atoms. The summed E-state index contributed by atoms with van der Waals surface area (Å²) in [6, 6.07) is 7.23. The number of ether oxygens (including phenoxy) is 1. The standard InChI is InChI=1S/C19H24N2O3/c1-11(2)18(19(23)24-5)21-17(22)10-15-12(3)14-8-6-7-9-16(14)20-13(15)4/h6-9,11,18H,10H2,1-5H3,(H,21,22). The van der Waals surface area contributed by atoms with Crippen molar-refractivity contribution < 1.29 is 14.3 Å². The minimum Gasteiger partial charge on any atom is -0.467 e. The molecule has 1 heterocycles. The van der Waals surface area contributed by atoms with E-state index in [-0.39, 0.29) is 18.2 Å². The number of aromatic nitrogens is 1. The molecule has 0 radical (unpaired) electrons. The fourth-order valence-corrected chi connectivity index (χ4v) is 2.84. The molecule has 0 saturated carbocycles. The van der Waals surface area contributed by atoms with Gasteiger partial charge in [0.1, 0.15) is 6.04 Å². The van der Waals surface area contributed by atoms with Crippen LogP contribution in [0.4, 0.5) is 0 Å². The van der Waals surface area contributed by atoms with Crippen LogP contribution >= 0.6 is 0 Å². The molecule has 0 saturated heterocycles. The number of benzene rings is 1. The van der Waals surface area contributed by atoms with Crippen molar-refractivity contribution in [2.75, 3.05) is 7.11 Å². The number of para-hydroxylation sites is 1. The van der Waals surface area contributed by atoms with Crippen molar-refractivity contribution in [1.82, 2.24) is 10.3 Å². The van der Waals surface area contributed by atoms with Gasteiger partial charge < -0.3 is 10.1 Å². The van der Waals surface area contributed by atoms with Crippen LogP contribution in [0.2, 0.25) is 0 Å². The molecule has 1 N–H and O–H groups in total. The number of hydrogen-bond acceptors (Lipinski definition) is 4. The van der Waals surface area contributed by atoms with Gasteiger partial charge in [-0.25, -0.2) is 4.79 Å². The second kappa shape index (κ2) is 7.43. The third-order valence-corrected chi connectivity index (χ3v) is 4.26. The Labute approximate surface area is 142 Å². The molecule has 2 aromatic rings. The Balaban J connectivity index is 2.26. The third-order valence-electron chi connectivity index (χ3n) is 4.26. The number of methoxy groups -OCH3 is 1. The Hall–Kier alpha value is -2.43. The first-order valence-electron chi connectivity index (χ1n) is 8.07. The number of carbonyl (C=O) groups is 2. The number of hydrogen-bond donors (Lipinski definition) is 1. The van der Waals surface area contributed by atoms with E-state index in [0.29, 0.717) is 0 Å². The molecule has 1 aromatic heterocycles. The highest BCUT2D eigenvalue weighted by atomic mass is 16.5. The SMILES string of the molecule is COC(=O)C(NC(=O)Cc1c(C)nc2ccccc2c1C)C(C)C. The molecule has 5 heteroatoms. The largest absolute Gasteiger partial charge is 0.467 e. The zero-order valence-corrected chi connectivity index (χ0v) is 14.8. The van der Waals surface area contributed by atoms with Crippen LogP contribution in [0.1, 0.15) is 30.7 Å². The van der Waals surface area contributed by atoms with Crippen LogP contribution in [-0.4, -0.2) is 30.0 Å². The molecular weight excluding hydrogens is 304 g/mol. The summed E-state index contributed by atoms with van der Waals surface area (Å²) in [7, 11) is 1.32. The first kappa shape index (κ1) is 17.9. The van der Waals surface area contributed by atoms with Crippen LogP contribution in [0.25, 0.3) is 10.9 Å². The Kier molecular flexibility index (Phi) is 5.54. The maximum atomic E-state index is 12.4. The van der Waals surface area contributed by atoms with Gasteiger partial charge in [-0.2, -0.15) is 0 Å². The van der Waals surface area contributed by atoms with Crippen LogP contribution in [-0.2, 0) is 20.7 Å². The van der Waals surface area contributed by atoms with Crippen molar-refractivity contribution in [3.05, 3.63) is 41.1 Å². The van der Waals surface area contributed by atoms with E-state index in [1.165, 1.54) is 7.11 Å². The predicted octanol–water partition coefficient (Wildman–Crippen LogP) is 2.71. The maximum Gasteiger partial charge on any atom is 0.328 e. The molecule has 0 aliphatic rings. The first-order chi connectivity index (χ1) is 11.3. The summed E-state index contributed by atoms with van der Waals surface area (Å²) < 4.78 is 4.76. The molecule has 0 aliphatic carbocycles. The van der Waals surface area contributed by atoms with E-state index in [4.69, 9.17) is 4.74 Å². The van der Waals surface area contributed by atoms with Crippen LogP contribution in [0.15, 0.2) is 24.3 Å². The van der Waals surface area contributed by atoms with E-state index in [1.54, 1.807) is 0 Å². The van der Waals surface area contributed by atoms with Crippen molar-refractivity contribution >= 4 is 22.8 Å². The van der Waals surface area contributed by atoms with Gasteiger partial charge in [-0.15, -0.1) is 0 Å². The number of esters is 1. The summed E-state index contributed by atoms with van der Waals surface area (Å²) in [5, 5.41) is 3.82. The van der Waals surface area contributed by atoms with Gasteiger partial charge in [-0.1, -0.05) is 32.0 Å². The zero-order chi connectivity index (χ0) is 17.9. The van der Waals surface area contributed by atoms with Gasteiger partial charge in [0.05, 0.1) is 19.0 Å². The van der Waals surface area contributed by atoms with E-state index in [2.05, 4.69) is 10.3 Å². The average molecular weight is 328 g/mol. The van der Waals surface area contributed by atoms with Crippen molar-refractivity contribution in [1.29, 1.82) is 0 Å².